The van der Waals surface area contributed by atoms with Crippen LogP contribution in [-0.2, 0) is 9.53 Å². The lowest BCUT2D eigenvalue weighted by molar-refractivity contribution is -0.119. The quantitative estimate of drug-likeness (QED) is 0.531. The lowest BCUT2D eigenvalue weighted by Gasteiger charge is -2.08. The van der Waals surface area contributed by atoms with Crippen LogP contribution in [0.2, 0.25) is 0 Å². The van der Waals surface area contributed by atoms with E-state index in [-0.39, 0.29) is 11.4 Å². The number of nitrogens with zero attached hydrogens (tertiary/aromatic N) is 2. The molecule has 0 aliphatic heterocycles. The van der Waals surface area contributed by atoms with Crippen LogP contribution in [0, 0.1) is 0 Å². The maximum atomic E-state index is 12.2. The van der Waals surface area contributed by atoms with E-state index < -0.39 is 18.5 Å². The number of hydrogen-bond donors (Lipinski definition) is 1. The van der Waals surface area contributed by atoms with Crippen molar-refractivity contribution in [3.63, 3.8) is 0 Å². The molecule has 0 saturated heterocycles. The monoisotopic (exact) mass is 461 g/mol. The van der Waals surface area contributed by atoms with E-state index in [1.165, 1.54) is 23.6 Å². The highest BCUT2D eigenvalue weighted by atomic mass is 79.9. The van der Waals surface area contributed by atoms with Gasteiger partial charge < -0.3 is 9.47 Å². The molecule has 3 aromatic rings. The molecule has 1 N–H and O–H groups in total. The Hall–Kier alpha value is -2.78. The average molecular weight is 462 g/mol. The van der Waals surface area contributed by atoms with Crippen LogP contribution in [0.4, 0.5) is 5.13 Å². The van der Waals surface area contributed by atoms with Crippen LogP contribution < -0.4 is 10.1 Å². The fourth-order valence-corrected chi connectivity index (χ4v) is 3.41. The van der Waals surface area contributed by atoms with Crippen LogP contribution in [0.15, 0.2) is 52.4 Å². The Balaban J connectivity index is 1.57. The fraction of sp³-hybridized carbons (Fsp3) is 0.158. The molecule has 0 fully saturated rings. The number of halogens is 1. The highest BCUT2D eigenvalue weighted by Crippen LogP contribution is 2.26. The molecule has 0 spiro atoms. The third-order valence-electron chi connectivity index (χ3n) is 3.48. The van der Waals surface area contributed by atoms with Gasteiger partial charge in [-0.15, -0.1) is 11.3 Å². The van der Waals surface area contributed by atoms with Crippen LogP contribution in [0.1, 0.15) is 17.3 Å². The van der Waals surface area contributed by atoms with Gasteiger partial charge in [-0.1, -0.05) is 28.1 Å². The van der Waals surface area contributed by atoms with Gasteiger partial charge in [-0.2, -0.15) is 0 Å². The number of nitrogens with one attached hydrogen (secondary N) is 1. The summed E-state index contributed by atoms with van der Waals surface area (Å²) in [4.78, 5) is 32.6. The second-order valence-electron chi connectivity index (χ2n) is 5.46. The summed E-state index contributed by atoms with van der Waals surface area (Å²) in [6.07, 6.45) is 1.51. The normalized spacial score (nSPS) is 10.4. The van der Waals surface area contributed by atoms with E-state index in [9.17, 15) is 9.59 Å². The van der Waals surface area contributed by atoms with Crippen molar-refractivity contribution in [2.24, 2.45) is 0 Å². The number of ether oxygens (including phenoxy) is 2. The van der Waals surface area contributed by atoms with Gasteiger partial charge in [0.1, 0.15) is 5.56 Å². The minimum Gasteiger partial charge on any atom is -0.477 e. The number of carbonyl (C=O) groups is 2. The smallest absolute Gasteiger partial charge is 0.344 e. The Morgan fingerprint density at radius 2 is 2.11 bits per heavy atom. The Morgan fingerprint density at radius 1 is 1.25 bits per heavy atom. The van der Waals surface area contributed by atoms with Crippen LogP contribution in [0.25, 0.3) is 11.3 Å². The zero-order valence-corrected chi connectivity index (χ0v) is 17.2. The number of aromatic nitrogens is 2. The molecule has 2 heterocycles. The van der Waals surface area contributed by atoms with Crippen LogP contribution in [0.5, 0.6) is 5.88 Å². The number of thiazole rings is 1. The molecule has 0 aliphatic rings. The van der Waals surface area contributed by atoms with Gasteiger partial charge in [-0.25, -0.2) is 14.8 Å². The molecule has 0 unspecified atom stereocenters. The number of esters is 1. The highest BCUT2D eigenvalue weighted by Gasteiger charge is 2.17. The summed E-state index contributed by atoms with van der Waals surface area (Å²) in [7, 11) is 0. The third-order valence-corrected chi connectivity index (χ3v) is 4.73. The van der Waals surface area contributed by atoms with E-state index in [0.29, 0.717) is 11.7 Å². The molecule has 2 aromatic heterocycles. The first-order valence-corrected chi connectivity index (χ1v) is 10.0. The standard InChI is InChI=1S/C19H16BrN3O4S/c1-2-26-17-14(7-4-8-21-17)18(25)27-10-16(24)23-19-22-15(11-28-19)12-5-3-6-13(20)9-12/h3-9,11H,2,10H2,1H3,(H,22,23,24). The largest absolute Gasteiger partial charge is 0.477 e. The fourth-order valence-electron chi connectivity index (χ4n) is 2.27. The van der Waals surface area contributed by atoms with Crippen molar-refractivity contribution < 1.29 is 19.1 Å². The van der Waals surface area contributed by atoms with Crippen molar-refractivity contribution in [1.29, 1.82) is 0 Å². The van der Waals surface area contributed by atoms with Gasteiger partial charge in [0.2, 0.25) is 5.88 Å². The van der Waals surface area contributed by atoms with Crippen molar-refractivity contribution in [2.45, 2.75) is 6.92 Å². The van der Waals surface area contributed by atoms with Gasteiger partial charge in [0.15, 0.2) is 11.7 Å². The van der Waals surface area contributed by atoms with Gasteiger partial charge in [0.05, 0.1) is 12.3 Å². The van der Waals surface area contributed by atoms with E-state index in [1.54, 1.807) is 13.0 Å². The lowest BCUT2D eigenvalue weighted by atomic mass is 10.2. The minimum atomic E-state index is -0.680. The SMILES string of the molecule is CCOc1ncccc1C(=O)OCC(=O)Nc1nc(-c2cccc(Br)c2)cs1. The summed E-state index contributed by atoms with van der Waals surface area (Å²) in [5, 5.41) is 4.89. The molecule has 0 bridgehead atoms. The lowest BCUT2D eigenvalue weighted by Crippen LogP contribution is -2.21. The molecular weight excluding hydrogens is 446 g/mol. The van der Waals surface area contributed by atoms with E-state index in [0.717, 1.165) is 15.7 Å². The van der Waals surface area contributed by atoms with Crippen molar-refractivity contribution in [2.75, 3.05) is 18.5 Å². The van der Waals surface area contributed by atoms with Crippen LogP contribution >= 0.6 is 27.3 Å². The summed E-state index contributed by atoms with van der Waals surface area (Å²) in [5.41, 5.74) is 1.84. The maximum absolute atomic E-state index is 12.2. The molecule has 144 valence electrons. The van der Waals surface area contributed by atoms with Gasteiger partial charge >= 0.3 is 5.97 Å². The number of benzene rings is 1. The van der Waals surface area contributed by atoms with Gasteiger partial charge in [-0.05, 0) is 31.2 Å². The highest BCUT2D eigenvalue weighted by molar-refractivity contribution is 9.10. The molecular formula is C19H16BrN3O4S. The van der Waals surface area contributed by atoms with Gasteiger partial charge in [-0.3, -0.25) is 10.1 Å². The first-order valence-electron chi connectivity index (χ1n) is 8.33. The van der Waals surface area contributed by atoms with Crippen molar-refractivity contribution >= 4 is 44.3 Å². The molecule has 0 radical (unpaired) electrons. The number of rotatable bonds is 7. The predicted molar refractivity (Wildman–Crippen MR) is 110 cm³/mol. The molecule has 0 aliphatic carbocycles. The molecule has 0 saturated carbocycles. The van der Waals surface area contributed by atoms with Gasteiger partial charge in [0, 0.05) is 21.6 Å². The predicted octanol–water partition coefficient (Wildman–Crippen LogP) is 4.16. The number of carbonyl (C=O) groups excluding carboxylic acids is 2. The second-order valence-corrected chi connectivity index (χ2v) is 7.24. The van der Waals surface area contributed by atoms with E-state index in [4.69, 9.17) is 9.47 Å². The average Bonchev–Trinajstić information content (AvgIpc) is 3.15. The molecule has 1 aromatic carbocycles. The molecule has 9 heteroatoms. The summed E-state index contributed by atoms with van der Waals surface area (Å²) >= 11 is 4.71. The van der Waals surface area contributed by atoms with Gasteiger partial charge in [0.25, 0.3) is 5.91 Å². The number of hydrogen-bond acceptors (Lipinski definition) is 7. The number of anilines is 1. The summed E-state index contributed by atoms with van der Waals surface area (Å²) in [6.45, 7) is 1.71. The molecule has 0 atom stereocenters. The minimum absolute atomic E-state index is 0.170. The molecule has 3 rings (SSSR count). The number of amides is 1. The van der Waals surface area contributed by atoms with E-state index in [1.807, 2.05) is 29.6 Å². The Bertz CT molecular complexity index is 993. The van der Waals surface area contributed by atoms with Crippen molar-refractivity contribution in [1.82, 2.24) is 9.97 Å². The molecule has 28 heavy (non-hydrogen) atoms. The molecule has 7 nitrogen and oxygen atoms in total. The Morgan fingerprint density at radius 3 is 2.89 bits per heavy atom. The van der Waals surface area contributed by atoms with Crippen molar-refractivity contribution in [3.8, 4) is 17.1 Å². The first kappa shape index (κ1) is 20.0. The summed E-state index contributed by atoms with van der Waals surface area (Å²) in [6, 6.07) is 10.8. The van der Waals surface area contributed by atoms with Crippen molar-refractivity contribution in [3.05, 3.63) is 58.0 Å². The summed E-state index contributed by atoms with van der Waals surface area (Å²) in [5.74, 6) is -0.986. The zero-order valence-electron chi connectivity index (χ0n) is 14.8. The third kappa shape index (κ3) is 5.14. The number of pyridine rings is 1. The maximum Gasteiger partial charge on any atom is 0.344 e. The summed E-state index contributed by atoms with van der Waals surface area (Å²) < 4.78 is 11.3. The van der Waals surface area contributed by atoms with E-state index in [2.05, 4.69) is 31.2 Å². The molecule has 1 amide bonds. The topological polar surface area (TPSA) is 90.4 Å². The van der Waals surface area contributed by atoms with E-state index >= 15 is 0 Å². The second kappa shape index (κ2) is 9.43. The Kier molecular flexibility index (Phi) is 6.72. The zero-order chi connectivity index (χ0) is 19.9. The first-order chi connectivity index (χ1) is 13.6. The van der Waals surface area contributed by atoms with Crippen LogP contribution in [0.3, 0.4) is 0 Å². The Labute approximate surface area is 173 Å². The van der Waals surface area contributed by atoms with Crippen LogP contribution in [-0.4, -0.2) is 35.1 Å².